The number of benzene rings is 1. The number of nitrogens with zero attached hydrogens (tertiary/aromatic N) is 5. The molecular weight excluding hydrogens is 647 g/mol. The number of carbonyl (C=O) groups excluding carboxylic acids is 3. The summed E-state index contributed by atoms with van der Waals surface area (Å²) in [5.41, 5.74) is 3.28. The van der Waals surface area contributed by atoms with Gasteiger partial charge in [0.1, 0.15) is 16.9 Å². The number of hydrogen-bond donors (Lipinski definition) is 1. The summed E-state index contributed by atoms with van der Waals surface area (Å²) in [5, 5.41) is 3.19. The summed E-state index contributed by atoms with van der Waals surface area (Å²) in [6.07, 6.45) is 6.17. The van der Waals surface area contributed by atoms with Gasteiger partial charge in [0.2, 0.25) is 11.8 Å². The molecule has 3 amide bonds. The van der Waals surface area contributed by atoms with E-state index in [4.69, 9.17) is 27.9 Å². The molecule has 0 saturated carbocycles. The van der Waals surface area contributed by atoms with E-state index in [1.54, 1.807) is 51.5 Å². The molecule has 4 aromatic rings. The van der Waals surface area contributed by atoms with E-state index in [1.165, 1.54) is 28.1 Å². The second-order valence-electron chi connectivity index (χ2n) is 9.38. The van der Waals surface area contributed by atoms with Crippen LogP contribution in [0.5, 0.6) is 5.75 Å². The minimum absolute atomic E-state index is 0.0391. The van der Waals surface area contributed by atoms with Gasteiger partial charge in [0.05, 0.1) is 22.9 Å². The molecule has 3 aromatic heterocycles. The van der Waals surface area contributed by atoms with E-state index in [0.29, 0.717) is 38.9 Å². The summed E-state index contributed by atoms with van der Waals surface area (Å²) in [7, 11) is 4.83. The highest BCUT2D eigenvalue weighted by Crippen LogP contribution is 2.35. The minimum atomic E-state index is -0.475. The van der Waals surface area contributed by atoms with E-state index in [-0.39, 0.29) is 24.1 Å². The average Bonchev–Trinajstić information content (AvgIpc) is 3.27. The molecule has 0 aliphatic carbocycles. The molecule has 13 heteroatoms. The number of aryl methyl sites for hydroxylation is 1. The number of fused-ring (bicyclic) bond motifs is 1. The Hall–Kier alpha value is -3.93. The van der Waals surface area contributed by atoms with Gasteiger partial charge in [-0.05, 0) is 64.8 Å². The number of likely N-dealkylation sites (N-methyl/N-ethyl adjacent to an activating group) is 1. The zero-order valence-corrected chi connectivity index (χ0v) is 26.3. The zero-order chi connectivity index (χ0) is 30.6. The molecule has 10 nitrogen and oxygen atoms in total. The molecule has 0 aliphatic rings. The molecule has 42 heavy (non-hydrogen) atoms. The van der Waals surface area contributed by atoms with Crippen LogP contribution in [0.2, 0.25) is 10.0 Å². The molecule has 0 bridgehead atoms. The third-order valence-corrected chi connectivity index (χ3v) is 7.97. The standard InChI is InChI=1S/C29H27BrCl2N6O4/c1-17-27(30)38-13-5-6-23(28(38)35-17)42-16-19-20(31)9-11-22(26(19)32)37(4)25(40)15-34-24(39)12-8-18-7-10-21(33-14-18)29(41)36(2)3/h5-14H,15-16H2,1-4H3,(H,34,39)/b12-8+. The van der Waals surface area contributed by atoms with Crippen molar-refractivity contribution in [1.82, 2.24) is 24.6 Å². The number of carbonyl (C=O) groups is 3. The van der Waals surface area contributed by atoms with Crippen LogP contribution in [0.3, 0.4) is 0 Å². The SMILES string of the molecule is Cc1nc2c(OCc3c(Cl)ccc(N(C)C(=O)CNC(=O)/C=C/c4ccc(C(=O)N(C)C)nc4)c3Cl)cccn2c1Br. The average molecular weight is 674 g/mol. The van der Waals surface area contributed by atoms with Crippen molar-refractivity contribution in [2.45, 2.75) is 13.5 Å². The van der Waals surface area contributed by atoms with Crippen LogP contribution in [0.4, 0.5) is 5.69 Å². The van der Waals surface area contributed by atoms with E-state index >= 15 is 0 Å². The number of nitrogens with one attached hydrogen (secondary N) is 1. The van der Waals surface area contributed by atoms with Crippen molar-refractivity contribution in [3.8, 4) is 5.75 Å². The van der Waals surface area contributed by atoms with Crippen molar-refractivity contribution in [1.29, 1.82) is 0 Å². The van der Waals surface area contributed by atoms with Gasteiger partial charge in [-0.1, -0.05) is 29.3 Å². The summed E-state index contributed by atoms with van der Waals surface area (Å²) in [6.45, 7) is 1.66. The monoisotopic (exact) mass is 672 g/mol. The maximum absolute atomic E-state index is 12.9. The molecule has 218 valence electrons. The topological polar surface area (TPSA) is 109 Å². The quantitative estimate of drug-likeness (QED) is 0.245. The summed E-state index contributed by atoms with van der Waals surface area (Å²) in [4.78, 5) is 48.6. The lowest BCUT2D eigenvalue weighted by atomic mass is 10.2. The summed E-state index contributed by atoms with van der Waals surface area (Å²) in [5.74, 6) is -0.556. The van der Waals surface area contributed by atoms with Crippen LogP contribution in [-0.2, 0) is 16.2 Å². The number of ether oxygens (including phenoxy) is 1. The first-order valence-corrected chi connectivity index (χ1v) is 14.2. The van der Waals surface area contributed by atoms with Crippen LogP contribution >= 0.6 is 39.1 Å². The first kappa shape index (κ1) is 31.0. The van der Waals surface area contributed by atoms with Gasteiger partial charge in [-0.25, -0.2) is 4.98 Å². The number of pyridine rings is 2. The van der Waals surface area contributed by atoms with Gasteiger partial charge in [-0.3, -0.25) is 23.8 Å². The molecule has 0 saturated heterocycles. The third kappa shape index (κ3) is 6.92. The van der Waals surface area contributed by atoms with Crippen LogP contribution in [-0.4, -0.2) is 64.7 Å². The van der Waals surface area contributed by atoms with E-state index in [9.17, 15) is 14.4 Å². The normalized spacial score (nSPS) is 11.1. The molecule has 0 unspecified atom stereocenters. The number of anilines is 1. The van der Waals surface area contributed by atoms with Gasteiger partial charge >= 0.3 is 0 Å². The number of hydrogen-bond acceptors (Lipinski definition) is 6. The van der Waals surface area contributed by atoms with Crippen molar-refractivity contribution in [3.63, 3.8) is 0 Å². The van der Waals surface area contributed by atoms with Crippen molar-refractivity contribution in [2.24, 2.45) is 0 Å². The van der Waals surface area contributed by atoms with Crippen LogP contribution in [0.1, 0.15) is 27.3 Å². The van der Waals surface area contributed by atoms with Gasteiger partial charge in [0, 0.05) is 50.2 Å². The van der Waals surface area contributed by atoms with Gasteiger partial charge in [-0.15, -0.1) is 0 Å². The molecule has 0 aliphatic heterocycles. The lowest BCUT2D eigenvalue weighted by Gasteiger charge is -2.21. The highest BCUT2D eigenvalue weighted by molar-refractivity contribution is 9.10. The van der Waals surface area contributed by atoms with Gasteiger partial charge in [-0.2, -0.15) is 0 Å². The Labute approximate surface area is 261 Å². The lowest BCUT2D eigenvalue weighted by Crippen LogP contribution is -2.37. The fourth-order valence-corrected chi connectivity index (χ4v) is 4.85. The highest BCUT2D eigenvalue weighted by atomic mass is 79.9. The third-order valence-electron chi connectivity index (χ3n) is 6.24. The predicted octanol–water partition coefficient (Wildman–Crippen LogP) is 5.18. The molecule has 0 fully saturated rings. The molecular formula is C29H27BrCl2N6O4. The van der Waals surface area contributed by atoms with Crippen molar-refractivity contribution >= 4 is 74.3 Å². The van der Waals surface area contributed by atoms with E-state index in [1.807, 2.05) is 23.6 Å². The molecule has 0 atom stereocenters. The molecule has 3 heterocycles. The Morgan fingerprint density at radius 1 is 1.12 bits per heavy atom. The second kappa shape index (κ2) is 13.4. The Kier molecular flexibility index (Phi) is 9.87. The first-order chi connectivity index (χ1) is 20.0. The van der Waals surface area contributed by atoms with E-state index in [0.717, 1.165) is 10.3 Å². The number of halogens is 3. The first-order valence-electron chi connectivity index (χ1n) is 12.6. The Morgan fingerprint density at radius 3 is 2.57 bits per heavy atom. The summed E-state index contributed by atoms with van der Waals surface area (Å²) < 4.78 is 8.73. The largest absolute Gasteiger partial charge is 0.485 e. The number of rotatable bonds is 9. The van der Waals surface area contributed by atoms with Gasteiger partial charge < -0.3 is 19.9 Å². The predicted molar refractivity (Wildman–Crippen MR) is 166 cm³/mol. The van der Waals surface area contributed by atoms with Crippen molar-refractivity contribution in [3.05, 3.63) is 92.0 Å². The fraction of sp³-hybridized carbons (Fsp3) is 0.207. The second-order valence-corrected chi connectivity index (χ2v) is 10.9. The summed E-state index contributed by atoms with van der Waals surface area (Å²) >= 11 is 16.6. The van der Waals surface area contributed by atoms with Crippen LogP contribution in [0, 0.1) is 6.92 Å². The van der Waals surface area contributed by atoms with Crippen molar-refractivity contribution in [2.75, 3.05) is 32.6 Å². The number of imidazole rings is 1. The Balaban J connectivity index is 1.38. The minimum Gasteiger partial charge on any atom is -0.485 e. The van der Waals surface area contributed by atoms with Gasteiger partial charge in [0.15, 0.2) is 11.4 Å². The maximum Gasteiger partial charge on any atom is 0.271 e. The molecule has 4 rings (SSSR count). The fourth-order valence-electron chi connectivity index (χ4n) is 3.87. The molecule has 0 spiro atoms. The maximum atomic E-state index is 12.9. The van der Waals surface area contributed by atoms with Gasteiger partial charge in [0.25, 0.3) is 5.91 Å². The Bertz CT molecular complexity index is 1690. The van der Waals surface area contributed by atoms with Crippen LogP contribution < -0.4 is 15.0 Å². The number of aromatic nitrogens is 3. The summed E-state index contributed by atoms with van der Waals surface area (Å²) in [6, 6.07) is 10.1. The van der Waals surface area contributed by atoms with Crippen LogP contribution in [0.25, 0.3) is 11.7 Å². The Morgan fingerprint density at radius 2 is 1.88 bits per heavy atom. The smallest absolute Gasteiger partial charge is 0.271 e. The zero-order valence-electron chi connectivity index (χ0n) is 23.2. The lowest BCUT2D eigenvalue weighted by molar-refractivity contribution is -0.122. The molecule has 1 N–H and O–H groups in total. The highest BCUT2D eigenvalue weighted by Gasteiger charge is 2.20. The van der Waals surface area contributed by atoms with E-state index in [2.05, 4.69) is 31.2 Å². The van der Waals surface area contributed by atoms with E-state index < -0.39 is 11.8 Å². The molecule has 0 radical (unpaired) electrons. The number of amides is 3. The van der Waals surface area contributed by atoms with Crippen molar-refractivity contribution < 1.29 is 19.1 Å². The molecule has 1 aromatic carbocycles. The van der Waals surface area contributed by atoms with Crippen LogP contribution in [0.15, 0.2) is 59.5 Å².